The number of amides is 1. The molecule has 1 aliphatic heterocycles. The van der Waals surface area contributed by atoms with Gasteiger partial charge in [-0.15, -0.1) is 24.8 Å². The molecule has 1 aromatic heterocycles. The molecular formula is C16H28Cl2F3N5O. The number of imidazole rings is 1. The fourth-order valence-corrected chi connectivity index (χ4v) is 2.98. The van der Waals surface area contributed by atoms with E-state index in [-0.39, 0.29) is 43.1 Å². The minimum atomic E-state index is -4.36. The van der Waals surface area contributed by atoms with Crippen LogP contribution in [0.15, 0.2) is 12.4 Å². The minimum absolute atomic E-state index is 0. The van der Waals surface area contributed by atoms with E-state index in [1.807, 2.05) is 18.4 Å². The van der Waals surface area contributed by atoms with Crippen molar-refractivity contribution >= 4 is 30.7 Å². The number of nitrogens with one attached hydrogen (secondary N) is 2. The molecule has 0 bridgehead atoms. The van der Waals surface area contributed by atoms with E-state index in [9.17, 15) is 18.0 Å². The lowest BCUT2D eigenvalue weighted by atomic mass is 10.2. The van der Waals surface area contributed by atoms with Crippen molar-refractivity contribution in [3.8, 4) is 0 Å². The molecule has 0 saturated carbocycles. The lowest BCUT2D eigenvalue weighted by molar-refractivity contribution is -0.184. The van der Waals surface area contributed by atoms with Crippen LogP contribution in [-0.2, 0) is 11.3 Å². The van der Waals surface area contributed by atoms with Crippen LogP contribution in [0.3, 0.4) is 0 Å². The van der Waals surface area contributed by atoms with Gasteiger partial charge in [0.05, 0.1) is 0 Å². The fraction of sp³-hybridized carbons (Fsp3) is 0.750. The highest BCUT2D eigenvalue weighted by molar-refractivity contribution is 5.85. The van der Waals surface area contributed by atoms with Gasteiger partial charge in [-0.25, -0.2) is 4.98 Å². The van der Waals surface area contributed by atoms with Gasteiger partial charge in [-0.3, -0.25) is 9.69 Å². The van der Waals surface area contributed by atoms with E-state index in [0.717, 1.165) is 5.82 Å². The number of aryl methyl sites for hydroxylation is 1. The van der Waals surface area contributed by atoms with Crippen molar-refractivity contribution in [1.82, 2.24) is 25.1 Å². The van der Waals surface area contributed by atoms with Crippen LogP contribution < -0.4 is 10.6 Å². The smallest absolute Gasteiger partial charge is 0.354 e. The highest BCUT2D eigenvalue weighted by Crippen LogP contribution is 2.24. The van der Waals surface area contributed by atoms with Gasteiger partial charge in [-0.05, 0) is 0 Å². The molecule has 2 rings (SSSR count). The molecule has 2 heterocycles. The van der Waals surface area contributed by atoms with Crippen LogP contribution in [0, 0.1) is 0 Å². The molecule has 1 atom stereocenters. The van der Waals surface area contributed by atoms with Gasteiger partial charge < -0.3 is 15.2 Å². The Balaban J connectivity index is 0.00000338. The molecule has 11 heteroatoms. The first-order valence-electron chi connectivity index (χ1n) is 8.58. The summed E-state index contributed by atoms with van der Waals surface area (Å²) in [6, 6.07) is -1.64. The lowest BCUT2D eigenvalue weighted by Gasteiger charge is -2.35. The van der Waals surface area contributed by atoms with E-state index in [0.29, 0.717) is 32.7 Å². The Kier molecular flexibility index (Phi) is 11.3. The topological polar surface area (TPSA) is 62.2 Å². The lowest BCUT2D eigenvalue weighted by Crippen LogP contribution is -2.57. The molecule has 1 fully saturated rings. The van der Waals surface area contributed by atoms with Gasteiger partial charge in [0.15, 0.2) is 0 Å². The zero-order valence-electron chi connectivity index (χ0n) is 15.5. The van der Waals surface area contributed by atoms with E-state index in [1.54, 1.807) is 12.4 Å². The van der Waals surface area contributed by atoms with Crippen LogP contribution in [0.5, 0.6) is 0 Å². The highest BCUT2D eigenvalue weighted by atomic mass is 35.5. The number of hydrogen-bond acceptors (Lipinski definition) is 4. The van der Waals surface area contributed by atoms with E-state index in [2.05, 4.69) is 15.6 Å². The van der Waals surface area contributed by atoms with Crippen molar-refractivity contribution in [1.29, 1.82) is 0 Å². The summed E-state index contributed by atoms with van der Waals surface area (Å²) in [7, 11) is 0. The van der Waals surface area contributed by atoms with Crippen LogP contribution in [0.2, 0.25) is 0 Å². The Hall–Kier alpha value is -1.03. The van der Waals surface area contributed by atoms with E-state index in [1.165, 1.54) is 4.90 Å². The summed E-state index contributed by atoms with van der Waals surface area (Å²) in [5.41, 5.74) is 0. The second-order valence-electron chi connectivity index (χ2n) is 6.53. The first-order valence-corrected chi connectivity index (χ1v) is 8.58. The van der Waals surface area contributed by atoms with Crippen molar-refractivity contribution in [3.63, 3.8) is 0 Å². The van der Waals surface area contributed by atoms with E-state index >= 15 is 0 Å². The van der Waals surface area contributed by atoms with Gasteiger partial charge in [0.2, 0.25) is 5.91 Å². The van der Waals surface area contributed by atoms with E-state index in [4.69, 9.17) is 0 Å². The van der Waals surface area contributed by atoms with Crippen molar-refractivity contribution in [2.45, 2.75) is 44.9 Å². The number of halogens is 5. The maximum atomic E-state index is 13.3. The normalized spacial score (nSPS) is 16.4. The van der Waals surface area contributed by atoms with Crippen LogP contribution in [0.1, 0.15) is 32.0 Å². The Bertz CT molecular complexity index is 562. The number of carbonyl (C=O) groups is 1. The molecule has 27 heavy (non-hydrogen) atoms. The third-order valence-corrected chi connectivity index (χ3v) is 4.31. The van der Waals surface area contributed by atoms with Crippen molar-refractivity contribution in [2.24, 2.45) is 0 Å². The Labute approximate surface area is 170 Å². The van der Waals surface area contributed by atoms with Crippen molar-refractivity contribution in [3.05, 3.63) is 18.2 Å². The first-order chi connectivity index (χ1) is 11.8. The average Bonchev–Trinajstić information content (AvgIpc) is 3.01. The molecule has 1 unspecified atom stereocenters. The molecule has 1 amide bonds. The first kappa shape index (κ1) is 26.0. The summed E-state index contributed by atoms with van der Waals surface area (Å²) >= 11 is 0. The third kappa shape index (κ3) is 7.85. The maximum absolute atomic E-state index is 13.3. The standard InChI is InChI=1S/C16H26F3N5O.2ClH/c1-12(2)15-21-6-10-24(15)7-3-14(25)22-11-13(16(17,18)19)23-8-4-20-5-9-23;;/h6,10,12-13,20H,3-5,7-9,11H2,1-2H3,(H,22,25);2*1H. The zero-order chi connectivity index (χ0) is 18.4. The second-order valence-corrected chi connectivity index (χ2v) is 6.53. The van der Waals surface area contributed by atoms with Crippen LogP contribution in [-0.4, -0.2) is 65.3 Å². The van der Waals surface area contributed by atoms with Crippen LogP contribution >= 0.6 is 24.8 Å². The SMILES string of the molecule is CC(C)c1nccn1CCC(=O)NCC(N1CCNCC1)C(F)(F)F.Cl.Cl. The third-order valence-electron chi connectivity index (χ3n) is 4.31. The summed E-state index contributed by atoms with van der Waals surface area (Å²) in [5, 5.41) is 5.47. The summed E-state index contributed by atoms with van der Waals surface area (Å²) < 4.78 is 41.7. The predicted molar refractivity (Wildman–Crippen MR) is 103 cm³/mol. The number of alkyl halides is 3. The van der Waals surface area contributed by atoms with Gasteiger partial charge in [0.1, 0.15) is 11.9 Å². The monoisotopic (exact) mass is 433 g/mol. The summed E-state index contributed by atoms with van der Waals surface area (Å²) in [5.74, 6) is 0.704. The largest absolute Gasteiger partial charge is 0.405 e. The summed E-state index contributed by atoms with van der Waals surface area (Å²) in [4.78, 5) is 17.6. The van der Waals surface area contributed by atoms with E-state index < -0.39 is 18.8 Å². The molecule has 0 spiro atoms. The predicted octanol–water partition coefficient (Wildman–Crippen LogP) is 2.19. The fourth-order valence-electron chi connectivity index (χ4n) is 2.98. The summed E-state index contributed by atoms with van der Waals surface area (Å²) in [6.07, 6.45) is -0.791. The number of nitrogens with zero attached hydrogens (tertiary/aromatic N) is 3. The molecule has 0 aromatic carbocycles. The summed E-state index contributed by atoms with van der Waals surface area (Å²) in [6.45, 7) is 5.70. The molecule has 0 aliphatic carbocycles. The molecule has 1 aliphatic rings. The molecule has 2 N–H and O–H groups in total. The highest BCUT2D eigenvalue weighted by Gasteiger charge is 2.43. The zero-order valence-corrected chi connectivity index (χ0v) is 17.1. The Morgan fingerprint density at radius 3 is 2.48 bits per heavy atom. The quantitative estimate of drug-likeness (QED) is 0.691. The molecule has 6 nitrogen and oxygen atoms in total. The molecule has 0 radical (unpaired) electrons. The van der Waals surface area contributed by atoms with Gasteiger partial charge >= 0.3 is 6.18 Å². The minimum Gasteiger partial charge on any atom is -0.354 e. The Morgan fingerprint density at radius 2 is 1.93 bits per heavy atom. The maximum Gasteiger partial charge on any atom is 0.405 e. The number of carbonyl (C=O) groups excluding carboxylic acids is 1. The van der Waals surface area contributed by atoms with Crippen molar-refractivity contribution in [2.75, 3.05) is 32.7 Å². The van der Waals surface area contributed by atoms with Gasteiger partial charge in [0.25, 0.3) is 0 Å². The Morgan fingerprint density at radius 1 is 1.30 bits per heavy atom. The molecule has 1 saturated heterocycles. The van der Waals surface area contributed by atoms with Crippen molar-refractivity contribution < 1.29 is 18.0 Å². The van der Waals surface area contributed by atoms with Gasteiger partial charge in [0, 0.05) is 64.0 Å². The van der Waals surface area contributed by atoms with Crippen LogP contribution in [0.25, 0.3) is 0 Å². The molecule has 1 aromatic rings. The molecular weight excluding hydrogens is 406 g/mol. The number of rotatable bonds is 7. The average molecular weight is 434 g/mol. The second kappa shape index (κ2) is 11.7. The van der Waals surface area contributed by atoms with Crippen LogP contribution in [0.4, 0.5) is 13.2 Å². The van der Waals surface area contributed by atoms with Gasteiger partial charge in [-0.1, -0.05) is 13.8 Å². The number of hydrogen-bond donors (Lipinski definition) is 2. The number of piperazine rings is 1. The number of aromatic nitrogens is 2. The molecule has 158 valence electrons. The van der Waals surface area contributed by atoms with Gasteiger partial charge in [-0.2, -0.15) is 13.2 Å².